The molecule has 6 nitrogen and oxygen atoms in total. The minimum absolute atomic E-state index is 0.250. The molecule has 3 rings (SSSR count). The standard InChI is InChI=1S/C11H20N4.CH2O2/c1-2-10(3-1)14-6-8-15(9-7-14)11-12-4-5-13-11;2-1-3/h10H,1-9H2,(H,12,13);1H,(H,2,3). The molecule has 3 aliphatic rings. The van der Waals surface area contributed by atoms with E-state index in [1.807, 2.05) is 0 Å². The van der Waals surface area contributed by atoms with Gasteiger partial charge in [-0.25, -0.2) is 0 Å². The Bertz CT molecular complexity index is 296. The Morgan fingerprint density at radius 1 is 1.28 bits per heavy atom. The van der Waals surface area contributed by atoms with Gasteiger partial charge >= 0.3 is 0 Å². The molecule has 0 radical (unpaired) electrons. The predicted octanol–water partition coefficient (Wildman–Crippen LogP) is -0.183. The lowest BCUT2D eigenvalue weighted by Crippen LogP contribution is -2.55. The summed E-state index contributed by atoms with van der Waals surface area (Å²) in [4.78, 5) is 17.9. The highest BCUT2D eigenvalue weighted by atomic mass is 16.3. The van der Waals surface area contributed by atoms with E-state index in [0.29, 0.717) is 0 Å². The lowest BCUT2D eigenvalue weighted by Gasteiger charge is -2.43. The molecule has 0 aromatic heterocycles. The predicted molar refractivity (Wildman–Crippen MR) is 69.8 cm³/mol. The molecule has 2 fully saturated rings. The lowest BCUT2D eigenvalue weighted by atomic mass is 9.91. The van der Waals surface area contributed by atoms with Crippen LogP contribution in [0.3, 0.4) is 0 Å². The molecule has 6 heteroatoms. The minimum Gasteiger partial charge on any atom is -0.483 e. The molecule has 18 heavy (non-hydrogen) atoms. The highest BCUT2D eigenvalue weighted by Crippen LogP contribution is 2.25. The molecule has 0 bridgehead atoms. The quantitative estimate of drug-likeness (QED) is 0.635. The third kappa shape index (κ3) is 3.13. The summed E-state index contributed by atoms with van der Waals surface area (Å²) in [6.45, 7) is 6.50. The van der Waals surface area contributed by atoms with Gasteiger partial charge in [0.15, 0.2) is 5.96 Å². The SMILES string of the molecule is C1CC(N2CCN(C3=NCCN3)CC2)C1.O=CO. The molecule has 2 aliphatic heterocycles. The molecule has 0 aromatic carbocycles. The Labute approximate surface area is 108 Å². The van der Waals surface area contributed by atoms with Gasteiger partial charge in [0.1, 0.15) is 0 Å². The van der Waals surface area contributed by atoms with Gasteiger partial charge in [0.2, 0.25) is 0 Å². The van der Waals surface area contributed by atoms with Crippen LogP contribution in [0.2, 0.25) is 0 Å². The summed E-state index contributed by atoms with van der Waals surface area (Å²) in [5.41, 5.74) is 0. The van der Waals surface area contributed by atoms with Gasteiger partial charge in [-0.2, -0.15) is 0 Å². The van der Waals surface area contributed by atoms with Crippen molar-refractivity contribution in [2.45, 2.75) is 25.3 Å². The van der Waals surface area contributed by atoms with Crippen LogP contribution in [0.25, 0.3) is 0 Å². The zero-order chi connectivity index (χ0) is 12.8. The second-order valence-corrected chi connectivity index (χ2v) is 4.85. The summed E-state index contributed by atoms with van der Waals surface area (Å²) < 4.78 is 0. The van der Waals surface area contributed by atoms with E-state index in [1.165, 1.54) is 32.4 Å². The van der Waals surface area contributed by atoms with Crippen LogP contribution in [0.1, 0.15) is 19.3 Å². The number of aliphatic imine (C=N–C) groups is 1. The van der Waals surface area contributed by atoms with E-state index in [1.54, 1.807) is 0 Å². The molecule has 2 N–H and O–H groups in total. The van der Waals surface area contributed by atoms with Crippen LogP contribution in [0.5, 0.6) is 0 Å². The third-order valence-corrected chi connectivity index (χ3v) is 3.86. The van der Waals surface area contributed by atoms with E-state index in [4.69, 9.17) is 9.90 Å². The summed E-state index contributed by atoms with van der Waals surface area (Å²) in [6, 6.07) is 0.908. The van der Waals surface area contributed by atoms with Gasteiger partial charge in [-0.05, 0) is 12.8 Å². The van der Waals surface area contributed by atoms with E-state index in [-0.39, 0.29) is 6.47 Å². The number of rotatable bonds is 1. The molecule has 102 valence electrons. The fourth-order valence-electron chi connectivity index (χ4n) is 2.65. The van der Waals surface area contributed by atoms with E-state index in [9.17, 15) is 0 Å². The summed E-state index contributed by atoms with van der Waals surface area (Å²) in [6.07, 6.45) is 4.30. The highest BCUT2D eigenvalue weighted by molar-refractivity contribution is 5.81. The van der Waals surface area contributed by atoms with Crippen LogP contribution in [0, 0.1) is 0 Å². The first-order chi connectivity index (χ1) is 8.85. The molecule has 2 heterocycles. The first kappa shape index (κ1) is 13.1. The van der Waals surface area contributed by atoms with Crippen molar-refractivity contribution < 1.29 is 9.90 Å². The summed E-state index contributed by atoms with van der Waals surface area (Å²) >= 11 is 0. The largest absolute Gasteiger partial charge is 0.483 e. The van der Waals surface area contributed by atoms with Crippen molar-refractivity contribution in [1.29, 1.82) is 0 Å². The maximum Gasteiger partial charge on any atom is 0.290 e. The fourth-order valence-corrected chi connectivity index (χ4v) is 2.65. The molecule has 0 spiro atoms. The fraction of sp³-hybridized carbons (Fsp3) is 0.833. The molecule has 0 amide bonds. The third-order valence-electron chi connectivity index (χ3n) is 3.86. The van der Waals surface area contributed by atoms with Gasteiger partial charge < -0.3 is 15.3 Å². The van der Waals surface area contributed by atoms with Crippen LogP contribution in [0.15, 0.2) is 4.99 Å². The monoisotopic (exact) mass is 254 g/mol. The maximum absolute atomic E-state index is 8.36. The number of hydrogen-bond acceptors (Lipinski definition) is 5. The van der Waals surface area contributed by atoms with Crippen molar-refractivity contribution >= 4 is 12.4 Å². The molecular weight excluding hydrogens is 232 g/mol. The van der Waals surface area contributed by atoms with Crippen LogP contribution in [-0.4, -0.2) is 72.6 Å². The van der Waals surface area contributed by atoms with Crippen LogP contribution < -0.4 is 5.32 Å². The Balaban J connectivity index is 0.000000367. The number of nitrogens with zero attached hydrogens (tertiary/aromatic N) is 3. The number of hydrogen-bond donors (Lipinski definition) is 2. The number of piperazine rings is 1. The van der Waals surface area contributed by atoms with Gasteiger partial charge in [0, 0.05) is 38.8 Å². The zero-order valence-corrected chi connectivity index (χ0v) is 10.7. The highest BCUT2D eigenvalue weighted by Gasteiger charge is 2.29. The maximum atomic E-state index is 8.36. The molecule has 0 unspecified atom stereocenters. The van der Waals surface area contributed by atoms with E-state index >= 15 is 0 Å². The first-order valence-corrected chi connectivity index (χ1v) is 6.70. The van der Waals surface area contributed by atoms with E-state index < -0.39 is 0 Å². The van der Waals surface area contributed by atoms with Crippen molar-refractivity contribution in [3.63, 3.8) is 0 Å². The van der Waals surface area contributed by atoms with Gasteiger partial charge in [0.25, 0.3) is 6.47 Å². The van der Waals surface area contributed by atoms with Gasteiger partial charge in [-0.3, -0.25) is 14.7 Å². The van der Waals surface area contributed by atoms with Crippen molar-refractivity contribution in [3.05, 3.63) is 0 Å². The number of nitrogens with one attached hydrogen (secondary N) is 1. The van der Waals surface area contributed by atoms with E-state index in [2.05, 4.69) is 20.1 Å². The number of guanidine groups is 1. The molecular formula is C12H22N4O2. The molecule has 0 atom stereocenters. The average Bonchev–Trinajstić information content (AvgIpc) is 2.82. The van der Waals surface area contributed by atoms with Crippen molar-refractivity contribution in [2.24, 2.45) is 4.99 Å². The molecule has 0 aromatic rings. The first-order valence-electron chi connectivity index (χ1n) is 6.70. The Morgan fingerprint density at radius 3 is 2.39 bits per heavy atom. The topological polar surface area (TPSA) is 68.2 Å². The minimum atomic E-state index is -0.250. The number of carbonyl (C=O) groups is 1. The average molecular weight is 254 g/mol. The number of carboxylic acid groups (broad SMARTS) is 1. The smallest absolute Gasteiger partial charge is 0.290 e. The normalized spacial score (nSPS) is 24.4. The Morgan fingerprint density at radius 2 is 1.94 bits per heavy atom. The van der Waals surface area contributed by atoms with Gasteiger partial charge in [-0.1, -0.05) is 6.42 Å². The molecule has 1 saturated heterocycles. The van der Waals surface area contributed by atoms with Crippen molar-refractivity contribution in [3.8, 4) is 0 Å². The zero-order valence-electron chi connectivity index (χ0n) is 10.7. The van der Waals surface area contributed by atoms with Crippen molar-refractivity contribution in [1.82, 2.24) is 15.1 Å². The summed E-state index contributed by atoms with van der Waals surface area (Å²) in [5.74, 6) is 1.14. The van der Waals surface area contributed by atoms with Crippen LogP contribution >= 0.6 is 0 Å². The second-order valence-electron chi connectivity index (χ2n) is 4.85. The lowest BCUT2D eigenvalue weighted by molar-refractivity contribution is -0.122. The van der Waals surface area contributed by atoms with Crippen molar-refractivity contribution in [2.75, 3.05) is 39.3 Å². The molecule has 1 saturated carbocycles. The second kappa shape index (κ2) is 6.58. The summed E-state index contributed by atoms with van der Waals surface area (Å²) in [7, 11) is 0. The van der Waals surface area contributed by atoms with Gasteiger partial charge in [-0.15, -0.1) is 0 Å². The van der Waals surface area contributed by atoms with E-state index in [0.717, 1.165) is 38.2 Å². The summed E-state index contributed by atoms with van der Waals surface area (Å²) in [5, 5.41) is 10.2. The van der Waals surface area contributed by atoms with Gasteiger partial charge in [0.05, 0.1) is 6.54 Å². The Kier molecular flexibility index (Phi) is 4.81. The van der Waals surface area contributed by atoms with Crippen LogP contribution in [0.4, 0.5) is 0 Å². The van der Waals surface area contributed by atoms with Crippen LogP contribution in [-0.2, 0) is 4.79 Å². The molecule has 1 aliphatic carbocycles. The Hall–Kier alpha value is -1.30.